The Bertz CT molecular complexity index is 720. The van der Waals surface area contributed by atoms with Crippen LogP contribution in [0, 0.1) is 0 Å². The molecule has 1 atom stereocenters. The summed E-state index contributed by atoms with van der Waals surface area (Å²) in [5.41, 5.74) is 0.617. The topological polar surface area (TPSA) is 102 Å². The number of rotatable bonds is 7. The highest BCUT2D eigenvalue weighted by Crippen LogP contribution is 2.22. The van der Waals surface area contributed by atoms with Crippen molar-refractivity contribution in [1.82, 2.24) is 10.4 Å². The number of nitrogens with zero attached hydrogens (tertiary/aromatic N) is 1. The molecule has 1 aliphatic heterocycles. The van der Waals surface area contributed by atoms with Crippen LogP contribution in [-0.2, 0) is 24.0 Å². The summed E-state index contributed by atoms with van der Waals surface area (Å²) < 4.78 is 5.62. The lowest BCUT2D eigenvalue weighted by molar-refractivity contribution is -0.197. The van der Waals surface area contributed by atoms with Gasteiger partial charge in [0.05, 0.1) is 12.5 Å². The van der Waals surface area contributed by atoms with Gasteiger partial charge in [0.15, 0.2) is 0 Å². The Balaban J connectivity index is 2.08. The van der Waals surface area contributed by atoms with Gasteiger partial charge in [-0.15, -0.1) is 5.06 Å². The minimum absolute atomic E-state index is 0.00725. The fraction of sp³-hybridized carbons (Fsp3) is 0.294. The molecule has 1 unspecified atom stereocenters. The number of hydrogen-bond acceptors (Lipinski definition) is 6. The minimum atomic E-state index is -0.831. The van der Waals surface area contributed by atoms with Crippen molar-refractivity contribution in [1.29, 1.82) is 0 Å². The number of benzene rings is 1. The maximum atomic E-state index is 12.2. The number of imide groups is 1. The number of ether oxygens (including phenoxy) is 1. The molecule has 0 aliphatic carbocycles. The number of nitrogens with one attached hydrogen (secondary N) is 1. The molecule has 1 N–H and O–H groups in total. The zero-order chi connectivity index (χ0) is 19.1. The summed E-state index contributed by atoms with van der Waals surface area (Å²) in [7, 11) is 0. The van der Waals surface area contributed by atoms with Gasteiger partial charge in [0.2, 0.25) is 0 Å². The molecule has 0 radical (unpaired) electrons. The van der Waals surface area contributed by atoms with Crippen molar-refractivity contribution in [3.05, 3.63) is 47.0 Å². The lowest BCUT2D eigenvalue weighted by Crippen LogP contribution is -2.35. The van der Waals surface area contributed by atoms with Crippen molar-refractivity contribution < 1.29 is 28.8 Å². The second kappa shape index (κ2) is 9.14. The average Bonchev–Trinajstić information content (AvgIpc) is 2.91. The quantitative estimate of drug-likeness (QED) is 0.532. The predicted octanol–water partition coefficient (Wildman–Crippen LogP) is 2.40. The predicted molar refractivity (Wildman–Crippen MR) is 93.4 cm³/mol. The van der Waals surface area contributed by atoms with Gasteiger partial charge >= 0.3 is 12.1 Å². The lowest BCUT2D eigenvalue weighted by Gasteiger charge is -2.20. The van der Waals surface area contributed by atoms with E-state index in [0.717, 1.165) is 4.47 Å². The van der Waals surface area contributed by atoms with Crippen LogP contribution >= 0.6 is 15.9 Å². The molecule has 1 saturated heterocycles. The molecule has 0 aromatic heterocycles. The first-order chi connectivity index (χ1) is 12.4. The smallest absolute Gasteiger partial charge is 0.407 e. The van der Waals surface area contributed by atoms with Crippen molar-refractivity contribution in [2.45, 2.75) is 25.3 Å². The van der Waals surface area contributed by atoms with E-state index in [2.05, 4.69) is 27.8 Å². The fourth-order valence-electron chi connectivity index (χ4n) is 2.26. The number of hydrogen-bond donors (Lipinski definition) is 1. The third-order valence-corrected chi connectivity index (χ3v) is 3.94. The van der Waals surface area contributed by atoms with Crippen LogP contribution in [-0.4, -0.2) is 35.5 Å². The van der Waals surface area contributed by atoms with Crippen LogP contribution in [0.25, 0.3) is 0 Å². The van der Waals surface area contributed by atoms with Gasteiger partial charge in [-0.05, 0) is 17.7 Å². The lowest BCUT2D eigenvalue weighted by atomic mass is 10.0. The zero-order valence-corrected chi connectivity index (χ0v) is 15.4. The van der Waals surface area contributed by atoms with E-state index in [1.54, 1.807) is 24.3 Å². The number of amides is 3. The highest BCUT2D eigenvalue weighted by atomic mass is 79.9. The molecule has 3 amide bonds. The van der Waals surface area contributed by atoms with E-state index in [-0.39, 0.29) is 25.9 Å². The minimum Gasteiger partial charge on any atom is -0.445 e. The molecular weight excluding hydrogens is 408 g/mol. The summed E-state index contributed by atoms with van der Waals surface area (Å²) in [5.74, 6) is -1.97. The molecule has 9 heteroatoms. The molecule has 1 heterocycles. The number of carbonyl (C=O) groups excluding carboxylic acids is 4. The molecule has 138 valence electrons. The summed E-state index contributed by atoms with van der Waals surface area (Å²) in [6.45, 7) is 3.46. The van der Waals surface area contributed by atoms with Gasteiger partial charge in [0, 0.05) is 17.3 Å². The van der Waals surface area contributed by atoms with Gasteiger partial charge in [0.1, 0.15) is 6.61 Å². The van der Waals surface area contributed by atoms with Gasteiger partial charge in [-0.1, -0.05) is 40.7 Å². The van der Waals surface area contributed by atoms with E-state index in [4.69, 9.17) is 9.57 Å². The van der Waals surface area contributed by atoms with Crippen LogP contribution in [0.5, 0.6) is 0 Å². The maximum Gasteiger partial charge on any atom is 0.407 e. The molecule has 1 aromatic carbocycles. The van der Waals surface area contributed by atoms with Gasteiger partial charge < -0.3 is 14.9 Å². The van der Waals surface area contributed by atoms with Crippen LogP contribution in [0.4, 0.5) is 4.79 Å². The van der Waals surface area contributed by atoms with E-state index in [1.165, 1.54) is 6.08 Å². The van der Waals surface area contributed by atoms with Gasteiger partial charge in [-0.2, -0.15) is 0 Å². The Morgan fingerprint density at radius 1 is 1.31 bits per heavy atom. The average molecular weight is 425 g/mol. The summed E-state index contributed by atoms with van der Waals surface area (Å²) in [5, 5.41) is 3.02. The molecular formula is C17H17BrN2O6. The molecule has 0 spiro atoms. The molecule has 8 nitrogen and oxygen atoms in total. The maximum absolute atomic E-state index is 12.2. The zero-order valence-electron chi connectivity index (χ0n) is 13.8. The Hall–Kier alpha value is -2.68. The molecule has 1 aromatic rings. The SMILES string of the molecule is C=CCOC(=O)NC(CC(=O)ON1C(=O)CCC1=O)c1cccc(Br)c1. The second-order valence-corrected chi connectivity index (χ2v) is 6.30. The summed E-state index contributed by atoms with van der Waals surface area (Å²) in [6.07, 6.45) is 0.389. The van der Waals surface area contributed by atoms with E-state index in [0.29, 0.717) is 10.6 Å². The van der Waals surface area contributed by atoms with E-state index in [1.807, 2.05) is 0 Å². The van der Waals surface area contributed by atoms with Crippen molar-refractivity contribution in [2.24, 2.45) is 0 Å². The van der Waals surface area contributed by atoms with Gasteiger partial charge in [0.25, 0.3) is 11.8 Å². The van der Waals surface area contributed by atoms with Crippen molar-refractivity contribution in [2.75, 3.05) is 6.61 Å². The molecule has 0 bridgehead atoms. The van der Waals surface area contributed by atoms with Crippen molar-refractivity contribution in [3.63, 3.8) is 0 Å². The Labute approximate surface area is 158 Å². The first kappa shape index (κ1) is 19.6. The number of hydroxylamine groups is 2. The normalized spacial score (nSPS) is 14.7. The first-order valence-corrected chi connectivity index (χ1v) is 8.56. The Morgan fingerprint density at radius 3 is 2.62 bits per heavy atom. The standard InChI is InChI=1S/C17H17BrN2O6/c1-2-8-25-17(24)19-13(11-4-3-5-12(18)9-11)10-16(23)26-20-14(21)6-7-15(20)22/h2-5,9,13H,1,6-8,10H2,(H,19,24). The summed E-state index contributed by atoms with van der Waals surface area (Å²) in [6, 6.07) is 6.18. The molecule has 1 aliphatic rings. The fourth-order valence-corrected chi connectivity index (χ4v) is 2.67. The summed E-state index contributed by atoms with van der Waals surface area (Å²) in [4.78, 5) is 51.9. The third kappa shape index (κ3) is 5.41. The Morgan fingerprint density at radius 2 is 2.00 bits per heavy atom. The van der Waals surface area contributed by atoms with Crippen molar-refractivity contribution in [3.8, 4) is 0 Å². The van der Waals surface area contributed by atoms with E-state index >= 15 is 0 Å². The third-order valence-electron chi connectivity index (χ3n) is 3.45. The van der Waals surface area contributed by atoms with Gasteiger partial charge in [-0.3, -0.25) is 9.59 Å². The highest BCUT2D eigenvalue weighted by Gasteiger charge is 2.33. The summed E-state index contributed by atoms with van der Waals surface area (Å²) >= 11 is 3.32. The van der Waals surface area contributed by atoms with Crippen LogP contribution in [0.2, 0.25) is 0 Å². The largest absolute Gasteiger partial charge is 0.445 e. The highest BCUT2D eigenvalue weighted by molar-refractivity contribution is 9.10. The number of halogens is 1. The molecule has 26 heavy (non-hydrogen) atoms. The first-order valence-electron chi connectivity index (χ1n) is 7.77. The molecule has 2 rings (SSSR count). The van der Waals surface area contributed by atoms with E-state index in [9.17, 15) is 19.2 Å². The van der Waals surface area contributed by atoms with Gasteiger partial charge in [-0.25, -0.2) is 9.59 Å². The molecule has 0 saturated carbocycles. The number of carbonyl (C=O) groups is 4. The Kier molecular flexibility index (Phi) is 6.90. The van der Waals surface area contributed by atoms with E-state index < -0.39 is 29.9 Å². The van der Waals surface area contributed by atoms with Crippen molar-refractivity contribution >= 4 is 39.8 Å². The monoisotopic (exact) mass is 424 g/mol. The van der Waals surface area contributed by atoms with Crippen LogP contribution in [0.15, 0.2) is 41.4 Å². The number of alkyl carbamates (subject to hydrolysis) is 1. The van der Waals surface area contributed by atoms with Crippen LogP contribution in [0.1, 0.15) is 30.9 Å². The molecule has 1 fully saturated rings. The van der Waals surface area contributed by atoms with Crippen LogP contribution < -0.4 is 5.32 Å². The van der Waals surface area contributed by atoms with Crippen LogP contribution in [0.3, 0.4) is 0 Å². The second-order valence-electron chi connectivity index (χ2n) is 5.39.